The van der Waals surface area contributed by atoms with Gasteiger partial charge >= 0.3 is 0 Å². The van der Waals surface area contributed by atoms with Crippen LogP contribution in [0.5, 0.6) is 0 Å². The molecule has 0 unspecified atom stereocenters. The van der Waals surface area contributed by atoms with E-state index >= 15 is 0 Å². The third-order valence-corrected chi connectivity index (χ3v) is 2.40. The van der Waals surface area contributed by atoms with Gasteiger partial charge in [-0.1, -0.05) is 6.92 Å². The number of rotatable bonds is 2. The first-order valence-electron chi connectivity index (χ1n) is 3.41. The highest BCUT2D eigenvalue weighted by Crippen LogP contribution is 2.20. The van der Waals surface area contributed by atoms with Gasteiger partial charge in [0.25, 0.3) is 0 Å². The Morgan fingerprint density at radius 3 is 2.73 bits per heavy atom. The van der Waals surface area contributed by atoms with E-state index in [1.165, 1.54) is 18.3 Å². The highest BCUT2D eigenvalue weighted by atomic mass is 32.1. The predicted octanol–water partition coefficient (Wildman–Crippen LogP) is 1.49. The van der Waals surface area contributed by atoms with Crippen molar-refractivity contribution in [3.8, 4) is 0 Å². The second-order valence-corrected chi connectivity index (χ2v) is 3.35. The highest BCUT2D eigenvalue weighted by Gasteiger charge is 2.10. The fourth-order valence-electron chi connectivity index (χ4n) is 0.885. The van der Waals surface area contributed by atoms with Crippen LogP contribution in [-0.2, 0) is 6.42 Å². The largest absolute Gasteiger partial charge is 0.375 e. The van der Waals surface area contributed by atoms with E-state index in [1.807, 2.05) is 6.92 Å². The lowest BCUT2D eigenvalue weighted by Crippen LogP contribution is -1.96. The summed E-state index contributed by atoms with van der Waals surface area (Å²) in [7, 11) is 0. The molecule has 0 amide bonds. The monoisotopic (exact) mass is 170 g/mol. The number of thiazole rings is 1. The number of nitrogen functional groups attached to an aromatic ring is 1. The van der Waals surface area contributed by atoms with Crippen molar-refractivity contribution < 1.29 is 4.79 Å². The molecule has 1 aromatic heterocycles. The van der Waals surface area contributed by atoms with E-state index in [0.29, 0.717) is 10.8 Å². The molecule has 0 aromatic carbocycles. The van der Waals surface area contributed by atoms with Crippen LogP contribution in [0.4, 0.5) is 5.13 Å². The van der Waals surface area contributed by atoms with E-state index in [0.717, 1.165) is 11.3 Å². The number of hydrogen-bond acceptors (Lipinski definition) is 4. The fraction of sp³-hybridized carbons (Fsp3) is 0.429. The molecule has 60 valence electrons. The summed E-state index contributed by atoms with van der Waals surface area (Å²) in [6.07, 6.45) is 0.823. The lowest BCUT2D eigenvalue weighted by molar-refractivity contribution is 0.101. The fourth-order valence-corrected chi connectivity index (χ4v) is 1.70. The van der Waals surface area contributed by atoms with Crippen molar-refractivity contribution >= 4 is 22.3 Å². The van der Waals surface area contributed by atoms with E-state index in [2.05, 4.69) is 4.98 Å². The standard InChI is InChI=1S/C7H10N2OS/c1-3-5-6(4(2)10)9-7(8)11-5/h3H2,1-2H3,(H2,8,9). The van der Waals surface area contributed by atoms with Crippen molar-refractivity contribution in [1.29, 1.82) is 0 Å². The summed E-state index contributed by atoms with van der Waals surface area (Å²) >= 11 is 1.39. The van der Waals surface area contributed by atoms with E-state index in [1.54, 1.807) is 0 Å². The topological polar surface area (TPSA) is 56.0 Å². The summed E-state index contributed by atoms with van der Waals surface area (Å²) in [5.74, 6) is -0.00481. The molecule has 0 saturated heterocycles. The van der Waals surface area contributed by atoms with Crippen molar-refractivity contribution in [1.82, 2.24) is 4.98 Å². The van der Waals surface area contributed by atoms with Crippen LogP contribution in [0.3, 0.4) is 0 Å². The molecule has 0 aliphatic rings. The number of aryl methyl sites for hydroxylation is 1. The van der Waals surface area contributed by atoms with Crippen LogP contribution in [0.2, 0.25) is 0 Å². The molecule has 2 N–H and O–H groups in total. The molecule has 11 heavy (non-hydrogen) atoms. The smallest absolute Gasteiger partial charge is 0.180 e. The zero-order valence-electron chi connectivity index (χ0n) is 6.55. The van der Waals surface area contributed by atoms with Crippen LogP contribution >= 0.6 is 11.3 Å². The van der Waals surface area contributed by atoms with Crippen molar-refractivity contribution in [2.45, 2.75) is 20.3 Å². The van der Waals surface area contributed by atoms with Gasteiger partial charge in [0, 0.05) is 11.8 Å². The van der Waals surface area contributed by atoms with Gasteiger partial charge in [-0.15, -0.1) is 11.3 Å². The molecule has 0 fully saturated rings. The van der Waals surface area contributed by atoms with Gasteiger partial charge in [0.15, 0.2) is 10.9 Å². The first-order valence-corrected chi connectivity index (χ1v) is 4.23. The molecule has 1 rings (SSSR count). The van der Waals surface area contributed by atoms with Crippen LogP contribution in [-0.4, -0.2) is 10.8 Å². The molecule has 3 nitrogen and oxygen atoms in total. The van der Waals surface area contributed by atoms with Crippen molar-refractivity contribution in [3.63, 3.8) is 0 Å². The Morgan fingerprint density at radius 2 is 2.36 bits per heavy atom. The Balaban J connectivity index is 3.12. The molecule has 1 heterocycles. The highest BCUT2D eigenvalue weighted by molar-refractivity contribution is 7.15. The van der Waals surface area contributed by atoms with Crippen LogP contribution in [0.1, 0.15) is 29.2 Å². The third-order valence-electron chi connectivity index (χ3n) is 1.37. The predicted molar refractivity (Wildman–Crippen MR) is 45.9 cm³/mol. The number of aromatic nitrogens is 1. The van der Waals surface area contributed by atoms with Gasteiger partial charge in [-0.2, -0.15) is 0 Å². The summed E-state index contributed by atoms with van der Waals surface area (Å²) < 4.78 is 0. The van der Waals surface area contributed by atoms with Crippen LogP contribution in [0, 0.1) is 0 Å². The van der Waals surface area contributed by atoms with E-state index < -0.39 is 0 Å². The molecule has 0 radical (unpaired) electrons. The maximum atomic E-state index is 10.9. The number of carbonyl (C=O) groups is 1. The van der Waals surface area contributed by atoms with Crippen molar-refractivity contribution in [2.75, 3.05) is 5.73 Å². The van der Waals surface area contributed by atoms with Gasteiger partial charge < -0.3 is 5.73 Å². The van der Waals surface area contributed by atoms with Gasteiger partial charge in [-0.3, -0.25) is 4.79 Å². The molecule has 0 saturated carbocycles. The third kappa shape index (κ3) is 1.57. The van der Waals surface area contributed by atoms with Crippen molar-refractivity contribution in [2.24, 2.45) is 0 Å². The molecule has 0 spiro atoms. The Morgan fingerprint density at radius 1 is 1.73 bits per heavy atom. The molecule has 0 bridgehead atoms. The second kappa shape index (κ2) is 3.00. The Hall–Kier alpha value is -0.900. The maximum Gasteiger partial charge on any atom is 0.180 e. The summed E-state index contributed by atoms with van der Waals surface area (Å²) in [6.45, 7) is 3.49. The Labute approximate surface area is 69.3 Å². The average molecular weight is 170 g/mol. The molecule has 0 aliphatic carbocycles. The SMILES string of the molecule is CCc1sc(N)nc1C(C)=O. The molecular formula is C7H10N2OS. The van der Waals surface area contributed by atoms with Gasteiger partial charge in [0.1, 0.15) is 5.69 Å². The van der Waals surface area contributed by atoms with E-state index in [-0.39, 0.29) is 5.78 Å². The molecule has 0 aliphatic heterocycles. The lowest BCUT2D eigenvalue weighted by Gasteiger charge is -1.90. The summed E-state index contributed by atoms with van der Waals surface area (Å²) in [6, 6.07) is 0. The van der Waals surface area contributed by atoms with Crippen LogP contribution in [0.15, 0.2) is 0 Å². The number of ketones is 1. The number of anilines is 1. The first kappa shape index (κ1) is 8.20. The minimum absolute atomic E-state index is 0.00481. The minimum Gasteiger partial charge on any atom is -0.375 e. The molecule has 0 atom stereocenters. The zero-order chi connectivity index (χ0) is 8.43. The van der Waals surface area contributed by atoms with Gasteiger partial charge in [-0.05, 0) is 6.42 Å². The quantitative estimate of drug-likeness (QED) is 0.684. The maximum absolute atomic E-state index is 10.9. The number of nitrogens with zero attached hydrogens (tertiary/aromatic N) is 1. The summed E-state index contributed by atoms with van der Waals surface area (Å²) in [5, 5.41) is 0.479. The van der Waals surface area contributed by atoms with Gasteiger partial charge in [-0.25, -0.2) is 4.98 Å². The van der Waals surface area contributed by atoms with Gasteiger partial charge in [0.05, 0.1) is 0 Å². The number of hydrogen-bond donors (Lipinski definition) is 1. The Kier molecular flexibility index (Phi) is 2.24. The zero-order valence-corrected chi connectivity index (χ0v) is 7.36. The van der Waals surface area contributed by atoms with Crippen LogP contribution < -0.4 is 5.73 Å². The second-order valence-electron chi connectivity index (χ2n) is 2.23. The van der Waals surface area contributed by atoms with E-state index in [9.17, 15) is 4.79 Å². The minimum atomic E-state index is -0.00481. The van der Waals surface area contributed by atoms with Crippen LogP contribution in [0.25, 0.3) is 0 Å². The van der Waals surface area contributed by atoms with E-state index in [4.69, 9.17) is 5.73 Å². The lowest BCUT2D eigenvalue weighted by atomic mass is 10.2. The number of nitrogens with two attached hydrogens (primary N) is 1. The van der Waals surface area contributed by atoms with Crippen molar-refractivity contribution in [3.05, 3.63) is 10.6 Å². The molecular weight excluding hydrogens is 160 g/mol. The summed E-state index contributed by atoms with van der Waals surface area (Å²) in [5.41, 5.74) is 5.98. The van der Waals surface area contributed by atoms with Gasteiger partial charge in [0.2, 0.25) is 0 Å². The normalized spacial score (nSPS) is 10.0. The number of carbonyl (C=O) groups excluding carboxylic acids is 1. The number of Topliss-reactive ketones (excluding diaryl/α,β-unsaturated/α-hetero) is 1. The first-order chi connectivity index (χ1) is 5.15. The Bertz CT molecular complexity index is 280. The summed E-state index contributed by atoms with van der Waals surface area (Å²) in [4.78, 5) is 15.8. The average Bonchev–Trinajstić information content (AvgIpc) is 2.30. The molecule has 1 aromatic rings. The molecule has 4 heteroatoms.